The van der Waals surface area contributed by atoms with Crippen LogP contribution in [-0.4, -0.2) is 12.2 Å². The topological polar surface area (TPSA) is 29.5 Å². The van der Waals surface area contributed by atoms with Gasteiger partial charge < -0.3 is 9.84 Å². The largest absolute Gasteiger partial charge is 0.497 e. The van der Waals surface area contributed by atoms with Crippen molar-refractivity contribution in [3.05, 3.63) is 29.3 Å². The molecule has 1 aliphatic rings. The first kappa shape index (κ1) is 14.3. The number of aliphatic hydroxyl groups is 1. The smallest absolute Gasteiger partial charge is 0.135 e. The molecule has 0 aliphatic heterocycles. The number of hydrogen-bond donors (Lipinski definition) is 1. The predicted molar refractivity (Wildman–Crippen MR) is 68.9 cm³/mol. The van der Waals surface area contributed by atoms with E-state index >= 15 is 0 Å². The average Bonchev–Trinajstić information content (AvgIpc) is 2.67. The van der Waals surface area contributed by atoms with Crippen molar-refractivity contribution in [3.63, 3.8) is 0 Å². The Balaban J connectivity index is 2.39. The van der Waals surface area contributed by atoms with Gasteiger partial charge in [-0.1, -0.05) is 27.7 Å². The van der Waals surface area contributed by atoms with Gasteiger partial charge in [-0.25, -0.2) is 8.78 Å². The first-order valence-corrected chi connectivity index (χ1v) is 6.35. The van der Waals surface area contributed by atoms with E-state index in [1.807, 2.05) is 27.7 Å². The van der Waals surface area contributed by atoms with Crippen molar-refractivity contribution in [2.24, 2.45) is 16.7 Å². The van der Waals surface area contributed by atoms with Crippen LogP contribution in [0.5, 0.6) is 5.75 Å². The molecule has 0 bridgehead atoms. The van der Waals surface area contributed by atoms with Gasteiger partial charge in [0.2, 0.25) is 0 Å². The summed E-state index contributed by atoms with van der Waals surface area (Å²) >= 11 is 0. The molecule has 106 valence electrons. The molecule has 0 spiro atoms. The molecule has 0 heterocycles. The van der Waals surface area contributed by atoms with Crippen molar-refractivity contribution in [2.75, 3.05) is 7.11 Å². The van der Waals surface area contributed by atoms with Crippen LogP contribution in [0.25, 0.3) is 0 Å². The molecule has 1 aliphatic carbocycles. The fourth-order valence-electron chi connectivity index (χ4n) is 3.16. The molecule has 19 heavy (non-hydrogen) atoms. The Morgan fingerprint density at radius 3 is 1.84 bits per heavy atom. The summed E-state index contributed by atoms with van der Waals surface area (Å²) in [5.74, 6) is -1.58. The highest BCUT2D eigenvalue weighted by atomic mass is 19.1. The summed E-state index contributed by atoms with van der Waals surface area (Å²) in [6.45, 7) is 8.00. The molecule has 1 unspecified atom stereocenters. The maximum absolute atomic E-state index is 14.0. The average molecular weight is 270 g/mol. The van der Waals surface area contributed by atoms with Crippen LogP contribution in [0.1, 0.15) is 39.4 Å². The first-order chi connectivity index (χ1) is 8.64. The summed E-state index contributed by atoms with van der Waals surface area (Å²) < 4.78 is 32.7. The summed E-state index contributed by atoms with van der Waals surface area (Å²) in [5, 5.41) is 10.3. The van der Waals surface area contributed by atoms with Gasteiger partial charge in [0.05, 0.1) is 18.8 Å². The van der Waals surface area contributed by atoms with Crippen molar-refractivity contribution >= 4 is 0 Å². The Hall–Kier alpha value is -1.16. The second kappa shape index (κ2) is 4.17. The zero-order chi connectivity index (χ0) is 14.6. The molecule has 4 heteroatoms. The lowest BCUT2D eigenvalue weighted by Gasteiger charge is -2.16. The molecule has 2 rings (SSSR count). The van der Waals surface area contributed by atoms with Gasteiger partial charge in [-0.3, -0.25) is 0 Å². The standard InChI is InChI=1S/C15H20F2O2/c1-14(2)13(15(14,3)4)12(18)11-9(16)6-8(19-5)7-10(11)17/h6-7,12-13,18H,1-5H3. The van der Waals surface area contributed by atoms with E-state index in [2.05, 4.69) is 0 Å². The SMILES string of the molecule is COc1cc(F)c(C(O)C2C(C)(C)C2(C)C)c(F)c1. The second-order valence-corrected chi connectivity index (χ2v) is 6.37. The van der Waals surface area contributed by atoms with Crippen LogP contribution in [0, 0.1) is 28.4 Å². The zero-order valence-electron chi connectivity index (χ0n) is 11.9. The van der Waals surface area contributed by atoms with Gasteiger partial charge in [0.25, 0.3) is 0 Å². The van der Waals surface area contributed by atoms with Crippen molar-refractivity contribution in [2.45, 2.75) is 33.8 Å². The van der Waals surface area contributed by atoms with Crippen LogP contribution in [0.2, 0.25) is 0 Å². The molecule has 1 aromatic carbocycles. The molecule has 1 fully saturated rings. The molecule has 1 N–H and O–H groups in total. The van der Waals surface area contributed by atoms with Gasteiger partial charge in [0, 0.05) is 18.1 Å². The maximum atomic E-state index is 14.0. The van der Waals surface area contributed by atoms with Crippen LogP contribution in [0.15, 0.2) is 12.1 Å². The maximum Gasteiger partial charge on any atom is 0.135 e. The zero-order valence-corrected chi connectivity index (χ0v) is 11.9. The molecule has 1 saturated carbocycles. The van der Waals surface area contributed by atoms with E-state index in [9.17, 15) is 13.9 Å². The lowest BCUT2D eigenvalue weighted by atomic mass is 9.98. The molecule has 2 nitrogen and oxygen atoms in total. The highest BCUT2D eigenvalue weighted by Gasteiger charge is 2.67. The van der Waals surface area contributed by atoms with Gasteiger partial charge in [0.15, 0.2) is 0 Å². The Morgan fingerprint density at radius 2 is 1.53 bits per heavy atom. The number of hydrogen-bond acceptors (Lipinski definition) is 2. The summed E-state index contributed by atoms with van der Waals surface area (Å²) in [6.07, 6.45) is -1.14. The Morgan fingerprint density at radius 1 is 1.11 bits per heavy atom. The van der Waals surface area contributed by atoms with Crippen molar-refractivity contribution in [3.8, 4) is 5.75 Å². The fourth-order valence-corrected chi connectivity index (χ4v) is 3.16. The van der Waals surface area contributed by atoms with E-state index in [1.165, 1.54) is 7.11 Å². The number of ether oxygens (including phenoxy) is 1. The quantitative estimate of drug-likeness (QED) is 0.907. The summed E-state index contributed by atoms with van der Waals surface area (Å²) in [6, 6.07) is 2.20. The van der Waals surface area contributed by atoms with Crippen LogP contribution in [0.4, 0.5) is 8.78 Å². The number of methoxy groups -OCH3 is 1. The van der Waals surface area contributed by atoms with E-state index in [0.29, 0.717) is 0 Å². The van der Waals surface area contributed by atoms with E-state index < -0.39 is 17.7 Å². The second-order valence-electron chi connectivity index (χ2n) is 6.37. The molecule has 0 saturated heterocycles. The van der Waals surface area contributed by atoms with Crippen molar-refractivity contribution in [1.82, 2.24) is 0 Å². The molecular weight excluding hydrogens is 250 g/mol. The minimum atomic E-state index is -1.14. The molecule has 0 amide bonds. The Labute approximate surface area is 112 Å². The van der Waals surface area contributed by atoms with Crippen LogP contribution in [-0.2, 0) is 0 Å². The Kier molecular flexibility index (Phi) is 3.13. The molecular formula is C15H20F2O2. The molecule has 1 aromatic rings. The van der Waals surface area contributed by atoms with Gasteiger partial charge in [-0.15, -0.1) is 0 Å². The lowest BCUT2D eigenvalue weighted by Crippen LogP contribution is -2.10. The third-order valence-corrected chi connectivity index (χ3v) is 5.03. The number of rotatable bonds is 3. The van der Waals surface area contributed by atoms with Gasteiger partial charge in [0.1, 0.15) is 17.4 Å². The highest BCUT2D eigenvalue weighted by Crippen LogP contribution is 2.72. The highest BCUT2D eigenvalue weighted by molar-refractivity contribution is 5.34. The number of aliphatic hydroxyl groups excluding tert-OH is 1. The monoisotopic (exact) mass is 270 g/mol. The van der Waals surface area contributed by atoms with E-state index in [4.69, 9.17) is 4.74 Å². The summed E-state index contributed by atoms with van der Waals surface area (Å²) in [7, 11) is 1.34. The minimum Gasteiger partial charge on any atom is -0.497 e. The summed E-state index contributed by atoms with van der Waals surface area (Å²) in [5.41, 5.74) is -0.555. The molecule has 0 radical (unpaired) electrons. The summed E-state index contributed by atoms with van der Waals surface area (Å²) in [4.78, 5) is 0. The van der Waals surface area contributed by atoms with Crippen LogP contribution < -0.4 is 4.74 Å². The third-order valence-electron chi connectivity index (χ3n) is 5.03. The van der Waals surface area contributed by atoms with Gasteiger partial charge in [-0.2, -0.15) is 0 Å². The molecule has 1 atom stereocenters. The van der Waals surface area contributed by atoms with Crippen LogP contribution >= 0.6 is 0 Å². The lowest BCUT2D eigenvalue weighted by molar-refractivity contribution is 0.122. The minimum absolute atomic E-state index is 0.111. The Bertz CT molecular complexity index is 472. The van der Waals surface area contributed by atoms with Crippen molar-refractivity contribution < 1.29 is 18.6 Å². The normalized spacial score (nSPS) is 22.1. The van der Waals surface area contributed by atoms with Gasteiger partial charge in [-0.05, 0) is 10.8 Å². The van der Waals surface area contributed by atoms with E-state index in [-0.39, 0.29) is 28.1 Å². The van der Waals surface area contributed by atoms with E-state index in [1.54, 1.807) is 0 Å². The van der Waals surface area contributed by atoms with Crippen LogP contribution in [0.3, 0.4) is 0 Å². The predicted octanol–water partition coefficient (Wildman–Crippen LogP) is 3.69. The fraction of sp³-hybridized carbons (Fsp3) is 0.600. The van der Waals surface area contributed by atoms with Crippen molar-refractivity contribution in [1.29, 1.82) is 0 Å². The number of halogens is 2. The van der Waals surface area contributed by atoms with Gasteiger partial charge >= 0.3 is 0 Å². The molecule has 0 aromatic heterocycles. The third kappa shape index (κ3) is 1.93. The number of benzene rings is 1. The van der Waals surface area contributed by atoms with E-state index in [0.717, 1.165) is 12.1 Å². The first-order valence-electron chi connectivity index (χ1n) is 6.35.